The Hall–Kier alpha value is -2.77. The number of nitrogens with zero attached hydrogens (tertiary/aromatic N) is 1. The summed E-state index contributed by atoms with van der Waals surface area (Å²) in [6.45, 7) is 4.52. The van der Waals surface area contributed by atoms with E-state index in [1.807, 2.05) is 24.3 Å². The van der Waals surface area contributed by atoms with Gasteiger partial charge in [-0.3, -0.25) is 9.59 Å². The Bertz CT molecular complexity index is 723. The number of hydrogen-bond donors (Lipinski definition) is 1. The second-order valence-corrected chi connectivity index (χ2v) is 7.02. The minimum absolute atomic E-state index is 0.203. The summed E-state index contributed by atoms with van der Waals surface area (Å²) in [5.41, 5.74) is 0.0909. The average molecular weight is 406 g/mol. The summed E-state index contributed by atoms with van der Waals surface area (Å²) >= 11 is 0. The maximum Gasteiger partial charge on any atom is 0.325 e. The van der Waals surface area contributed by atoms with Crippen LogP contribution >= 0.6 is 0 Å². The highest BCUT2D eigenvalue weighted by molar-refractivity contribution is 5.83. The van der Waals surface area contributed by atoms with Gasteiger partial charge in [-0.05, 0) is 50.8 Å². The maximum absolute atomic E-state index is 12.9. The third-order valence-electron chi connectivity index (χ3n) is 4.94. The van der Waals surface area contributed by atoms with Gasteiger partial charge in [-0.1, -0.05) is 12.1 Å². The van der Waals surface area contributed by atoms with Crippen LogP contribution < -0.4 is 10.1 Å². The van der Waals surface area contributed by atoms with Crippen molar-refractivity contribution in [2.24, 2.45) is 5.41 Å². The number of nitrogens with one attached hydrogen (secondary N) is 1. The van der Waals surface area contributed by atoms with E-state index in [1.54, 1.807) is 25.9 Å². The summed E-state index contributed by atoms with van der Waals surface area (Å²) in [4.78, 5) is 38.6. The van der Waals surface area contributed by atoms with Crippen molar-refractivity contribution in [2.45, 2.75) is 33.1 Å². The van der Waals surface area contributed by atoms with Crippen LogP contribution in [0, 0.1) is 5.41 Å². The number of urea groups is 1. The molecule has 1 aliphatic heterocycles. The Morgan fingerprint density at radius 3 is 2.62 bits per heavy atom. The predicted octanol–water partition coefficient (Wildman–Crippen LogP) is 2.16. The number of carbonyl (C=O) groups is 3. The van der Waals surface area contributed by atoms with Crippen LogP contribution in [0.5, 0.6) is 5.75 Å². The maximum atomic E-state index is 12.9. The molecule has 1 aromatic rings. The summed E-state index contributed by atoms with van der Waals surface area (Å²) in [6.07, 6.45) is 1.71. The lowest BCUT2D eigenvalue weighted by Crippen LogP contribution is -2.54. The number of esters is 2. The van der Waals surface area contributed by atoms with Gasteiger partial charge < -0.3 is 24.4 Å². The fourth-order valence-electron chi connectivity index (χ4n) is 3.62. The molecular weight excluding hydrogens is 376 g/mol. The normalized spacial score (nSPS) is 18.7. The predicted molar refractivity (Wildman–Crippen MR) is 107 cm³/mol. The Morgan fingerprint density at radius 1 is 1.17 bits per heavy atom. The molecule has 1 heterocycles. The Labute approximate surface area is 171 Å². The number of hydrogen-bond acceptors (Lipinski definition) is 6. The van der Waals surface area contributed by atoms with E-state index in [2.05, 4.69) is 5.32 Å². The fraction of sp³-hybridized carbons (Fsp3) is 0.571. The van der Waals surface area contributed by atoms with Gasteiger partial charge in [0.2, 0.25) is 0 Å². The highest BCUT2D eigenvalue weighted by atomic mass is 16.5. The molecular formula is C21H30N2O6. The van der Waals surface area contributed by atoms with E-state index in [1.165, 1.54) is 0 Å². The van der Waals surface area contributed by atoms with Crippen LogP contribution in [0.15, 0.2) is 24.3 Å². The molecule has 0 saturated carbocycles. The molecule has 2 rings (SSSR count). The molecule has 0 bridgehead atoms. The van der Waals surface area contributed by atoms with Gasteiger partial charge in [0.15, 0.2) is 0 Å². The van der Waals surface area contributed by atoms with E-state index >= 15 is 0 Å². The van der Waals surface area contributed by atoms with Gasteiger partial charge in [0.25, 0.3) is 0 Å². The van der Waals surface area contributed by atoms with Crippen LogP contribution in [0.2, 0.25) is 0 Å². The number of likely N-dealkylation sites (tertiary alicyclic amines) is 1. The molecule has 8 heteroatoms. The first-order valence-corrected chi connectivity index (χ1v) is 9.92. The van der Waals surface area contributed by atoms with Crippen molar-refractivity contribution in [3.8, 4) is 5.75 Å². The molecule has 0 radical (unpaired) electrons. The highest BCUT2D eigenvalue weighted by Crippen LogP contribution is 2.36. The molecule has 0 spiro atoms. The summed E-state index contributed by atoms with van der Waals surface area (Å²) in [5, 5.41) is 2.57. The molecule has 1 saturated heterocycles. The van der Waals surface area contributed by atoms with Crippen LogP contribution in [0.1, 0.15) is 32.3 Å². The molecule has 8 nitrogen and oxygen atoms in total. The van der Waals surface area contributed by atoms with Gasteiger partial charge in [-0.2, -0.15) is 0 Å². The van der Waals surface area contributed by atoms with E-state index in [4.69, 9.17) is 14.2 Å². The first-order chi connectivity index (χ1) is 13.9. The zero-order valence-corrected chi connectivity index (χ0v) is 17.4. The number of carbonyl (C=O) groups excluding carboxylic acids is 3. The average Bonchev–Trinajstić information content (AvgIpc) is 2.72. The number of piperidine rings is 1. The molecule has 0 aromatic heterocycles. The van der Waals surface area contributed by atoms with E-state index in [-0.39, 0.29) is 32.3 Å². The second kappa shape index (κ2) is 10.7. The summed E-state index contributed by atoms with van der Waals surface area (Å²) in [6, 6.07) is 7.15. The smallest absolute Gasteiger partial charge is 0.325 e. The number of amides is 2. The second-order valence-electron chi connectivity index (χ2n) is 7.02. The van der Waals surface area contributed by atoms with Gasteiger partial charge in [-0.25, -0.2) is 4.79 Å². The third kappa shape index (κ3) is 6.10. The molecule has 1 atom stereocenters. The molecule has 0 unspecified atom stereocenters. The van der Waals surface area contributed by atoms with E-state index in [9.17, 15) is 14.4 Å². The summed E-state index contributed by atoms with van der Waals surface area (Å²) in [5.74, 6) is -0.0991. The van der Waals surface area contributed by atoms with Crippen molar-refractivity contribution in [3.05, 3.63) is 29.8 Å². The van der Waals surface area contributed by atoms with Crippen molar-refractivity contribution < 1.29 is 28.6 Å². The fourth-order valence-corrected chi connectivity index (χ4v) is 3.62. The minimum atomic E-state index is -0.845. The molecule has 1 aromatic carbocycles. The lowest BCUT2D eigenvalue weighted by molar-refractivity contribution is -0.158. The van der Waals surface area contributed by atoms with Crippen LogP contribution in [-0.4, -0.2) is 62.8 Å². The molecule has 1 N–H and O–H groups in total. The van der Waals surface area contributed by atoms with Crippen molar-refractivity contribution in [1.29, 1.82) is 0 Å². The van der Waals surface area contributed by atoms with Gasteiger partial charge >= 0.3 is 18.0 Å². The van der Waals surface area contributed by atoms with Gasteiger partial charge in [-0.15, -0.1) is 0 Å². The SMILES string of the molecule is CCOC(=O)CNC(=O)N1CCC[C@@](Cc2cccc(OC)c2)(C(=O)OCC)C1. The monoisotopic (exact) mass is 406 g/mol. The number of rotatable bonds is 8. The van der Waals surface area contributed by atoms with Gasteiger partial charge in [0.1, 0.15) is 12.3 Å². The lowest BCUT2D eigenvalue weighted by Gasteiger charge is -2.41. The Kier molecular flexibility index (Phi) is 8.30. The third-order valence-corrected chi connectivity index (χ3v) is 4.94. The zero-order valence-electron chi connectivity index (χ0n) is 17.4. The van der Waals surface area contributed by atoms with Gasteiger partial charge in [0, 0.05) is 13.1 Å². The van der Waals surface area contributed by atoms with Crippen molar-refractivity contribution in [1.82, 2.24) is 10.2 Å². The van der Waals surface area contributed by atoms with Crippen LogP contribution in [0.3, 0.4) is 0 Å². The zero-order chi connectivity index (χ0) is 21.3. The lowest BCUT2D eigenvalue weighted by atomic mass is 9.75. The van der Waals surface area contributed by atoms with Crippen LogP contribution in [0.4, 0.5) is 4.79 Å². The minimum Gasteiger partial charge on any atom is -0.497 e. The number of benzene rings is 1. The topological polar surface area (TPSA) is 94.2 Å². The molecule has 2 amide bonds. The molecule has 1 fully saturated rings. The number of methoxy groups -OCH3 is 1. The van der Waals surface area contributed by atoms with E-state index < -0.39 is 17.4 Å². The highest BCUT2D eigenvalue weighted by Gasteiger charge is 2.45. The molecule has 1 aliphatic rings. The van der Waals surface area contributed by atoms with Crippen molar-refractivity contribution in [3.63, 3.8) is 0 Å². The first kappa shape index (κ1) is 22.5. The Morgan fingerprint density at radius 2 is 1.93 bits per heavy atom. The molecule has 29 heavy (non-hydrogen) atoms. The Balaban J connectivity index is 2.16. The van der Waals surface area contributed by atoms with E-state index in [0.29, 0.717) is 31.6 Å². The van der Waals surface area contributed by atoms with E-state index in [0.717, 1.165) is 5.56 Å². The first-order valence-electron chi connectivity index (χ1n) is 9.92. The van der Waals surface area contributed by atoms with Crippen LogP contribution in [0.25, 0.3) is 0 Å². The van der Waals surface area contributed by atoms with Gasteiger partial charge in [0.05, 0.1) is 25.7 Å². The van der Waals surface area contributed by atoms with Crippen molar-refractivity contribution >= 4 is 18.0 Å². The molecule has 160 valence electrons. The van der Waals surface area contributed by atoms with Crippen LogP contribution in [-0.2, 0) is 25.5 Å². The largest absolute Gasteiger partial charge is 0.497 e. The standard InChI is InChI=1S/C21H30N2O6/c1-4-28-18(24)14-22-20(26)23-11-7-10-21(15-23,19(25)29-5-2)13-16-8-6-9-17(12-16)27-3/h6,8-9,12H,4-5,7,10-11,13-15H2,1-3H3,(H,22,26)/t21-/m0/s1. The summed E-state index contributed by atoms with van der Waals surface area (Å²) < 4.78 is 15.5. The number of ether oxygens (including phenoxy) is 3. The summed E-state index contributed by atoms with van der Waals surface area (Å²) in [7, 11) is 1.59. The van der Waals surface area contributed by atoms with Crippen molar-refractivity contribution in [2.75, 3.05) is 40.0 Å². The quantitative estimate of drug-likeness (QED) is 0.665. The molecule has 0 aliphatic carbocycles.